The quantitative estimate of drug-likeness (QED) is 0.801. The summed E-state index contributed by atoms with van der Waals surface area (Å²) in [4.78, 5) is 26.1. The highest BCUT2D eigenvalue weighted by Gasteiger charge is 2.38. The number of carbonyl (C=O) groups excluding carboxylic acids is 2. The van der Waals surface area contributed by atoms with Gasteiger partial charge < -0.3 is 10.2 Å². The van der Waals surface area contributed by atoms with Crippen LogP contribution in [0.25, 0.3) is 5.69 Å². The molecule has 0 bridgehead atoms. The predicted octanol–water partition coefficient (Wildman–Crippen LogP) is 2.92. The highest BCUT2D eigenvalue weighted by molar-refractivity contribution is 5.82. The minimum atomic E-state index is 0.0200. The summed E-state index contributed by atoms with van der Waals surface area (Å²) in [6.07, 6.45) is 1.27. The Kier molecular flexibility index (Phi) is 5.87. The third-order valence-electron chi connectivity index (χ3n) is 5.69. The molecule has 1 aromatic carbocycles. The highest BCUT2D eigenvalue weighted by atomic mass is 16.2. The molecule has 1 saturated carbocycles. The van der Waals surface area contributed by atoms with Crippen LogP contribution in [0.15, 0.2) is 24.3 Å². The highest BCUT2D eigenvalue weighted by Crippen LogP contribution is 2.37. The van der Waals surface area contributed by atoms with Crippen molar-refractivity contribution in [3.8, 4) is 5.69 Å². The van der Waals surface area contributed by atoms with E-state index in [2.05, 4.69) is 31.3 Å². The van der Waals surface area contributed by atoms with Crippen LogP contribution in [0.5, 0.6) is 0 Å². The first-order chi connectivity index (χ1) is 13.3. The third-order valence-corrected chi connectivity index (χ3v) is 5.69. The van der Waals surface area contributed by atoms with E-state index in [1.807, 2.05) is 30.7 Å². The van der Waals surface area contributed by atoms with Gasteiger partial charge in [0, 0.05) is 43.7 Å². The molecule has 1 N–H and O–H groups in total. The summed E-state index contributed by atoms with van der Waals surface area (Å²) in [6.45, 7) is 9.06. The monoisotopic (exact) mass is 382 g/mol. The molecule has 0 unspecified atom stereocenters. The van der Waals surface area contributed by atoms with Crippen LogP contribution in [-0.4, -0.2) is 40.1 Å². The van der Waals surface area contributed by atoms with E-state index in [0.717, 1.165) is 34.6 Å². The van der Waals surface area contributed by atoms with Gasteiger partial charge in [0.05, 0.1) is 11.4 Å². The molecule has 3 rings (SSSR count). The SMILES string of the molecule is Cc1ccccc1-n1nc(C)c(CN(C)C(=O)CCNC(=O)[C@H]2C[C@H]2C)c1C. The lowest BCUT2D eigenvalue weighted by Gasteiger charge is -2.18. The Labute approximate surface area is 166 Å². The molecule has 1 heterocycles. The lowest BCUT2D eigenvalue weighted by Crippen LogP contribution is -2.32. The first-order valence-electron chi connectivity index (χ1n) is 9.92. The molecule has 1 aliphatic carbocycles. The Bertz CT molecular complexity index is 887. The topological polar surface area (TPSA) is 67.2 Å². The second-order valence-corrected chi connectivity index (χ2v) is 7.96. The number of aromatic nitrogens is 2. The van der Waals surface area contributed by atoms with E-state index in [0.29, 0.717) is 25.4 Å². The lowest BCUT2D eigenvalue weighted by atomic mass is 10.1. The zero-order valence-corrected chi connectivity index (χ0v) is 17.5. The smallest absolute Gasteiger partial charge is 0.224 e. The van der Waals surface area contributed by atoms with Crippen LogP contribution in [0.2, 0.25) is 0 Å². The zero-order valence-electron chi connectivity index (χ0n) is 17.5. The standard InChI is InChI=1S/C22H30N4O2/c1-14-8-6-7-9-20(14)26-17(4)19(16(3)24-26)13-25(5)21(27)10-11-23-22(28)18-12-15(18)2/h6-9,15,18H,10-13H2,1-5H3,(H,23,28)/t15-,18+/m1/s1. The Morgan fingerprint density at radius 1 is 1.25 bits per heavy atom. The average Bonchev–Trinajstić information content (AvgIpc) is 3.33. The maximum atomic E-state index is 12.5. The maximum Gasteiger partial charge on any atom is 0.224 e. The largest absolute Gasteiger partial charge is 0.355 e. The van der Waals surface area contributed by atoms with Crippen molar-refractivity contribution in [2.75, 3.05) is 13.6 Å². The number of aryl methyl sites for hydroxylation is 2. The number of benzene rings is 1. The summed E-state index contributed by atoms with van der Waals surface area (Å²) in [5.74, 6) is 0.722. The van der Waals surface area contributed by atoms with E-state index in [9.17, 15) is 9.59 Å². The van der Waals surface area contributed by atoms with Gasteiger partial charge >= 0.3 is 0 Å². The average molecular weight is 383 g/mol. The van der Waals surface area contributed by atoms with E-state index in [4.69, 9.17) is 5.10 Å². The van der Waals surface area contributed by atoms with Crippen molar-refractivity contribution in [2.45, 2.75) is 47.1 Å². The second kappa shape index (κ2) is 8.17. The molecule has 0 spiro atoms. The molecular weight excluding hydrogens is 352 g/mol. The Morgan fingerprint density at radius 2 is 1.93 bits per heavy atom. The van der Waals surface area contributed by atoms with Gasteiger partial charge in [0.2, 0.25) is 11.8 Å². The van der Waals surface area contributed by atoms with Crippen molar-refractivity contribution in [2.24, 2.45) is 11.8 Å². The second-order valence-electron chi connectivity index (χ2n) is 7.96. The van der Waals surface area contributed by atoms with E-state index in [1.54, 1.807) is 11.9 Å². The van der Waals surface area contributed by atoms with Crippen molar-refractivity contribution >= 4 is 11.8 Å². The molecule has 1 aromatic heterocycles. The fraction of sp³-hybridized carbons (Fsp3) is 0.500. The number of hydrogen-bond acceptors (Lipinski definition) is 3. The predicted molar refractivity (Wildman–Crippen MR) is 109 cm³/mol. The molecule has 6 nitrogen and oxygen atoms in total. The molecule has 150 valence electrons. The Hall–Kier alpha value is -2.63. The van der Waals surface area contributed by atoms with Crippen molar-refractivity contribution in [1.29, 1.82) is 0 Å². The van der Waals surface area contributed by atoms with Crippen LogP contribution in [-0.2, 0) is 16.1 Å². The van der Waals surface area contributed by atoms with Crippen LogP contribution >= 0.6 is 0 Å². The van der Waals surface area contributed by atoms with Crippen molar-refractivity contribution < 1.29 is 9.59 Å². The summed E-state index contributed by atoms with van der Waals surface area (Å²) in [5, 5.41) is 7.57. The van der Waals surface area contributed by atoms with Gasteiger partial charge in [-0.3, -0.25) is 9.59 Å². The molecule has 2 aromatic rings. The van der Waals surface area contributed by atoms with Gasteiger partial charge in [-0.25, -0.2) is 4.68 Å². The van der Waals surface area contributed by atoms with Gasteiger partial charge in [-0.15, -0.1) is 0 Å². The third kappa shape index (κ3) is 4.26. The molecule has 28 heavy (non-hydrogen) atoms. The number of hydrogen-bond donors (Lipinski definition) is 1. The van der Waals surface area contributed by atoms with Crippen LogP contribution in [0.4, 0.5) is 0 Å². The summed E-state index contributed by atoms with van der Waals surface area (Å²) >= 11 is 0. The minimum Gasteiger partial charge on any atom is -0.355 e. The van der Waals surface area contributed by atoms with Crippen LogP contribution < -0.4 is 5.32 Å². The molecule has 2 amide bonds. The van der Waals surface area contributed by atoms with Gasteiger partial charge in [0.15, 0.2) is 0 Å². The number of para-hydroxylation sites is 1. The van der Waals surface area contributed by atoms with E-state index in [1.165, 1.54) is 0 Å². The molecule has 0 radical (unpaired) electrons. The molecule has 2 atom stereocenters. The molecule has 6 heteroatoms. The van der Waals surface area contributed by atoms with E-state index >= 15 is 0 Å². The summed E-state index contributed by atoms with van der Waals surface area (Å²) in [5.41, 5.74) is 5.25. The molecule has 0 saturated heterocycles. The number of nitrogens with zero attached hydrogens (tertiary/aromatic N) is 3. The molecule has 1 aliphatic rings. The van der Waals surface area contributed by atoms with Gasteiger partial charge in [-0.2, -0.15) is 5.10 Å². The zero-order chi connectivity index (χ0) is 20.4. The van der Waals surface area contributed by atoms with Gasteiger partial charge in [0.1, 0.15) is 0 Å². The number of carbonyl (C=O) groups is 2. The van der Waals surface area contributed by atoms with E-state index < -0.39 is 0 Å². The van der Waals surface area contributed by atoms with Crippen LogP contribution in [0.3, 0.4) is 0 Å². The summed E-state index contributed by atoms with van der Waals surface area (Å²) in [6, 6.07) is 8.14. The first kappa shape index (κ1) is 20.1. The molecule has 1 fully saturated rings. The Balaban J connectivity index is 1.60. The van der Waals surface area contributed by atoms with Gasteiger partial charge in [-0.1, -0.05) is 25.1 Å². The first-order valence-corrected chi connectivity index (χ1v) is 9.92. The van der Waals surface area contributed by atoms with Crippen molar-refractivity contribution in [3.63, 3.8) is 0 Å². The van der Waals surface area contributed by atoms with Crippen molar-refractivity contribution in [3.05, 3.63) is 46.8 Å². The summed E-state index contributed by atoms with van der Waals surface area (Å²) < 4.78 is 1.95. The van der Waals surface area contributed by atoms with Crippen LogP contribution in [0.1, 0.15) is 42.3 Å². The van der Waals surface area contributed by atoms with Gasteiger partial charge in [0.25, 0.3) is 0 Å². The maximum absolute atomic E-state index is 12.5. The van der Waals surface area contributed by atoms with E-state index in [-0.39, 0.29) is 17.7 Å². The molecule has 0 aliphatic heterocycles. The fourth-order valence-electron chi connectivity index (χ4n) is 3.57. The van der Waals surface area contributed by atoms with Crippen molar-refractivity contribution in [1.82, 2.24) is 20.0 Å². The number of amides is 2. The normalized spacial score (nSPS) is 18.0. The Morgan fingerprint density at radius 3 is 2.57 bits per heavy atom. The summed E-state index contributed by atoms with van der Waals surface area (Å²) in [7, 11) is 1.80. The fourth-order valence-corrected chi connectivity index (χ4v) is 3.57. The molecular formula is C22H30N4O2. The lowest BCUT2D eigenvalue weighted by molar-refractivity contribution is -0.130. The number of nitrogens with one attached hydrogen (secondary N) is 1. The van der Waals surface area contributed by atoms with Crippen LogP contribution in [0, 0.1) is 32.6 Å². The number of rotatable bonds is 7. The minimum absolute atomic E-state index is 0.0200. The van der Waals surface area contributed by atoms with Gasteiger partial charge in [-0.05, 0) is 44.7 Å².